The highest BCUT2D eigenvalue weighted by Crippen LogP contribution is 2.52. The molecule has 4 atom stereocenters. The fourth-order valence-electron chi connectivity index (χ4n) is 3.93. The van der Waals surface area contributed by atoms with Crippen LogP contribution < -0.4 is 0 Å². The van der Waals surface area contributed by atoms with E-state index in [9.17, 15) is 14.4 Å². The van der Waals surface area contributed by atoms with E-state index in [0.29, 0.717) is 13.1 Å². The number of likely N-dealkylation sites (N-methyl/N-ethyl adjacent to an activating group) is 1. The second-order valence-corrected chi connectivity index (χ2v) is 5.83. The molecule has 0 aromatic rings. The van der Waals surface area contributed by atoms with Gasteiger partial charge in [-0.25, -0.2) is 0 Å². The molecule has 20 heavy (non-hydrogen) atoms. The van der Waals surface area contributed by atoms with Crippen molar-refractivity contribution in [2.45, 2.75) is 20.3 Å². The second-order valence-electron chi connectivity index (χ2n) is 5.83. The molecule has 3 aliphatic rings. The van der Waals surface area contributed by atoms with Crippen LogP contribution in [0.2, 0.25) is 0 Å². The number of hydrogen-bond donors (Lipinski definition) is 0. The van der Waals surface area contributed by atoms with Gasteiger partial charge in [0.2, 0.25) is 17.7 Å². The number of carbonyl (C=O) groups is 3. The van der Waals surface area contributed by atoms with Crippen LogP contribution in [-0.4, -0.2) is 47.2 Å². The van der Waals surface area contributed by atoms with Gasteiger partial charge in [-0.05, 0) is 32.1 Å². The molecule has 0 aromatic heterocycles. The molecule has 2 aliphatic carbocycles. The summed E-state index contributed by atoms with van der Waals surface area (Å²) in [5, 5.41) is 0. The van der Waals surface area contributed by atoms with Crippen molar-refractivity contribution in [1.29, 1.82) is 0 Å². The highest BCUT2D eigenvalue weighted by molar-refractivity contribution is 6.08. The highest BCUT2D eigenvalue weighted by atomic mass is 16.2. The maximum Gasteiger partial charge on any atom is 0.242 e. The summed E-state index contributed by atoms with van der Waals surface area (Å²) in [4.78, 5) is 39.8. The van der Waals surface area contributed by atoms with E-state index in [4.69, 9.17) is 0 Å². The molecule has 0 aromatic carbocycles. The molecule has 108 valence electrons. The van der Waals surface area contributed by atoms with Gasteiger partial charge in [0.25, 0.3) is 0 Å². The van der Waals surface area contributed by atoms with Crippen molar-refractivity contribution in [2.75, 3.05) is 19.6 Å². The molecule has 3 amide bonds. The predicted molar refractivity (Wildman–Crippen MR) is 72.4 cm³/mol. The van der Waals surface area contributed by atoms with Crippen LogP contribution in [0.5, 0.6) is 0 Å². The second kappa shape index (κ2) is 4.72. The Morgan fingerprint density at radius 3 is 2.10 bits per heavy atom. The fourth-order valence-corrected chi connectivity index (χ4v) is 3.93. The minimum Gasteiger partial charge on any atom is -0.342 e. The summed E-state index contributed by atoms with van der Waals surface area (Å²) < 4.78 is 0. The summed E-state index contributed by atoms with van der Waals surface area (Å²) in [5.74, 6) is -0.430. The Balaban J connectivity index is 1.75. The average molecular weight is 276 g/mol. The van der Waals surface area contributed by atoms with E-state index in [1.54, 1.807) is 4.90 Å². The van der Waals surface area contributed by atoms with E-state index in [-0.39, 0.29) is 47.9 Å². The quantitative estimate of drug-likeness (QED) is 0.560. The Bertz CT molecular complexity index is 465. The number of rotatable bonds is 4. The number of carbonyl (C=O) groups excluding carboxylic acids is 3. The third-order valence-electron chi connectivity index (χ3n) is 4.97. The van der Waals surface area contributed by atoms with Gasteiger partial charge in [0.15, 0.2) is 0 Å². The Labute approximate surface area is 118 Å². The molecule has 0 N–H and O–H groups in total. The van der Waals surface area contributed by atoms with Crippen LogP contribution in [0.15, 0.2) is 12.2 Å². The standard InChI is InChI=1S/C15H20N2O3/c1-3-16(4-2)11(18)8-17-14(19)12-9-5-6-10(7-9)13(12)15(17)20/h5-6,9-10,12-13H,3-4,7-8H2,1-2H3. The zero-order valence-corrected chi connectivity index (χ0v) is 11.9. The smallest absolute Gasteiger partial charge is 0.242 e. The van der Waals surface area contributed by atoms with Crippen LogP contribution >= 0.6 is 0 Å². The third kappa shape index (κ3) is 1.72. The zero-order valence-electron chi connectivity index (χ0n) is 11.9. The van der Waals surface area contributed by atoms with Crippen LogP contribution in [0.4, 0.5) is 0 Å². The molecular formula is C15H20N2O3. The fraction of sp³-hybridized carbons (Fsp3) is 0.667. The molecule has 3 rings (SSSR count). The Morgan fingerprint density at radius 1 is 1.15 bits per heavy atom. The summed E-state index contributed by atoms with van der Waals surface area (Å²) >= 11 is 0. The molecular weight excluding hydrogens is 256 g/mol. The SMILES string of the molecule is CCN(CC)C(=O)CN1C(=O)C2C3C=CC(C3)C2C1=O. The number of likely N-dealkylation sites (tertiary alicyclic amines) is 1. The topological polar surface area (TPSA) is 57.7 Å². The molecule has 1 heterocycles. The van der Waals surface area contributed by atoms with Crippen molar-refractivity contribution >= 4 is 17.7 Å². The van der Waals surface area contributed by atoms with Gasteiger partial charge >= 0.3 is 0 Å². The lowest BCUT2D eigenvalue weighted by Crippen LogP contribution is -2.43. The van der Waals surface area contributed by atoms with Gasteiger partial charge in [0, 0.05) is 13.1 Å². The average Bonchev–Trinajstić information content (AvgIpc) is 3.10. The van der Waals surface area contributed by atoms with Crippen molar-refractivity contribution in [3.63, 3.8) is 0 Å². The largest absolute Gasteiger partial charge is 0.342 e. The van der Waals surface area contributed by atoms with E-state index < -0.39 is 0 Å². The number of nitrogens with zero attached hydrogens (tertiary/aromatic N) is 2. The number of amides is 3. The normalized spacial score (nSPS) is 34.0. The molecule has 5 heteroatoms. The molecule has 2 fully saturated rings. The molecule has 1 saturated heterocycles. The van der Waals surface area contributed by atoms with Gasteiger partial charge in [0.05, 0.1) is 11.8 Å². The van der Waals surface area contributed by atoms with Gasteiger partial charge in [-0.3, -0.25) is 19.3 Å². The van der Waals surface area contributed by atoms with Crippen molar-refractivity contribution in [3.8, 4) is 0 Å². The van der Waals surface area contributed by atoms with Crippen LogP contribution in [0.25, 0.3) is 0 Å². The summed E-state index contributed by atoms with van der Waals surface area (Å²) in [6, 6.07) is 0. The molecule has 0 spiro atoms. The maximum atomic E-state index is 12.4. The molecule has 4 unspecified atom stereocenters. The summed E-state index contributed by atoms with van der Waals surface area (Å²) in [7, 11) is 0. The number of hydrogen-bond acceptors (Lipinski definition) is 3. The minimum atomic E-state index is -0.206. The van der Waals surface area contributed by atoms with Gasteiger partial charge < -0.3 is 4.90 Å². The van der Waals surface area contributed by atoms with Crippen molar-refractivity contribution in [3.05, 3.63) is 12.2 Å². The Morgan fingerprint density at radius 2 is 1.65 bits per heavy atom. The number of fused-ring (bicyclic) bond motifs is 5. The summed E-state index contributed by atoms with van der Waals surface area (Å²) in [5.41, 5.74) is 0. The van der Waals surface area contributed by atoms with Crippen LogP contribution in [0.1, 0.15) is 20.3 Å². The van der Waals surface area contributed by atoms with Gasteiger partial charge in [0.1, 0.15) is 6.54 Å². The first-order chi connectivity index (χ1) is 9.58. The minimum absolute atomic E-state index is 0.0915. The van der Waals surface area contributed by atoms with Crippen molar-refractivity contribution in [1.82, 2.24) is 9.80 Å². The van der Waals surface area contributed by atoms with E-state index >= 15 is 0 Å². The van der Waals surface area contributed by atoms with E-state index in [2.05, 4.69) is 12.2 Å². The van der Waals surface area contributed by atoms with Gasteiger partial charge in [-0.1, -0.05) is 12.2 Å². The number of allylic oxidation sites excluding steroid dienone is 2. The Kier molecular flexibility index (Phi) is 3.15. The lowest BCUT2D eigenvalue weighted by molar-refractivity contribution is -0.147. The van der Waals surface area contributed by atoms with Crippen LogP contribution in [0, 0.1) is 23.7 Å². The summed E-state index contributed by atoms with van der Waals surface area (Å²) in [6.45, 7) is 4.91. The van der Waals surface area contributed by atoms with E-state index in [0.717, 1.165) is 6.42 Å². The molecule has 0 radical (unpaired) electrons. The predicted octanol–water partition coefficient (Wildman–Crippen LogP) is 0.662. The Hall–Kier alpha value is -1.65. The third-order valence-corrected chi connectivity index (χ3v) is 4.97. The first-order valence-electron chi connectivity index (χ1n) is 7.39. The molecule has 2 bridgehead atoms. The highest BCUT2D eigenvalue weighted by Gasteiger charge is 2.59. The van der Waals surface area contributed by atoms with Crippen LogP contribution in [-0.2, 0) is 14.4 Å². The van der Waals surface area contributed by atoms with Crippen molar-refractivity contribution in [2.24, 2.45) is 23.7 Å². The van der Waals surface area contributed by atoms with E-state index in [1.807, 2.05) is 13.8 Å². The van der Waals surface area contributed by atoms with Gasteiger partial charge in [-0.15, -0.1) is 0 Å². The maximum absolute atomic E-state index is 12.4. The van der Waals surface area contributed by atoms with E-state index in [1.165, 1.54) is 4.90 Å². The van der Waals surface area contributed by atoms with Crippen LogP contribution in [0.3, 0.4) is 0 Å². The first kappa shape index (κ1) is 13.3. The lowest BCUT2D eigenvalue weighted by Gasteiger charge is -2.23. The zero-order chi connectivity index (χ0) is 14.4. The summed E-state index contributed by atoms with van der Waals surface area (Å²) in [6.07, 6.45) is 5.05. The molecule has 1 aliphatic heterocycles. The molecule has 1 saturated carbocycles. The van der Waals surface area contributed by atoms with Crippen molar-refractivity contribution < 1.29 is 14.4 Å². The van der Waals surface area contributed by atoms with Gasteiger partial charge in [-0.2, -0.15) is 0 Å². The number of imide groups is 1. The molecule has 5 nitrogen and oxygen atoms in total. The monoisotopic (exact) mass is 276 g/mol. The lowest BCUT2D eigenvalue weighted by atomic mass is 9.85. The first-order valence-corrected chi connectivity index (χ1v) is 7.39.